The van der Waals surface area contributed by atoms with E-state index in [0.29, 0.717) is 6.54 Å². The van der Waals surface area contributed by atoms with Gasteiger partial charge in [-0.2, -0.15) is 0 Å². The van der Waals surface area contributed by atoms with Crippen LogP contribution in [0, 0.1) is 0 Å². The van der Waals surface area contributed by atoms with Crippen molar-refractivity contribution in [1.29, 1.82) is 0 Å². The van der Waals surface area contributed by atoms with E-state index >= 15 is 0 Å². The first-order valence-corrected chi connectivity index (χ1v) is 12.1. The number of hydrogen-bond donors (Lipinski definition) is 0. The molecule has 0 spiro atoms. The molecule has 1 heterocycles. The van der Waals surface area contributed by atoms with Crippen molar-refractivity contribution >= 4 is 23.0 Å². The lowest BCUT2D eigenvalue weighted by atomic mass is 10.0. The van der Waals surface area contributed by atoms with Gasteiger partial charge in [0.2, 0.25) is 0 Å². The Balaban J connectivity index is 1.57. The maximum atomic E-state index is 5.10. The van der Waals surface area contributed by atoms with Crippen LogP contribution >= 0.6 is 11.8 Å². The maximum absolute atomic E-state index is 5.10. The topological polar surface area (TPSA) is 15.6 Å². The second kappa shape index (κ2) is 10.4. The molecule has 0 aliphatic carbocycles. The van der Waals surface area contributed by atoms with Crippen LogP contribution in [-0.4, -0.2) is 10.1 Å². The highest BCUT2D eigenvalue weighted by atomic mass is 32.2. The quantitative estimate of drug-likeness (QED) is 0.303. The maximum Gasteiger partial charge on any atom is 0.165 e. The number of aliphatic imine (C=N–C) groups is 1. The number of benzene rings is 4. The highest BCUT2D eigenvalue weighted by Crippen LogP contribution is 2.46. The van der Waals surface area contributed by atoms with E-state index in [2.05, 4.69) is 132 Å². The Morgan fingerprint density at radius 3 is 1.85 bits per heavy atom. The van der Waals surface area contributed by atoms with E-state index < -0.39 is 0 Å². The minimum absolute atomic E-state index is 0.131. The van der Waals surface area contributed by atoms with Crippen molar-refractivity contribution in [3.63, 3.8) is 0 Å². The summed E-state index contributed by atoms with van der Waals surface area (Å²) in [6.07, 6.45) is 2.31. The van der Waals surface area contributed by atoms with Gasteiger partial charge in [0.25, 0.3) is 0 Å². The molecule has 33 heavy (non-hydrogen) atoms. The van der Waals surface area contributed by atoms with E-state index in [9.17, 15) is 0 Å². The predicted molar refractivity (Wildman–Crippen MR) is 141 cm³/mol. The van der Waals surface area contributed by atoms with E-state index in [-0.39, 0.29) is 6.04 Å². The summed E-state index contributed by atoms with van der Waals surface area (Å²) in [5.74, 6) is 0. The summed E-state index contributed by atoms with van der Waals surface area (Å²) < 4.78 is 0. The zero-order valence-electron chi connectivity index (χ0n) is 18.4. The molecule has 0 N–H and O–H groups in total. The summed E-state index contributed by atoms with van der Waals surface area (Å²) >= 11 is 1.79. The van der Waals surface area contributed by atoms with Crippen LogP contribution in [0.1, 0.15) is 28.3 Å². The first-order valence-electron chi connectivity index (χ1n) is 11.3. The van der Waals surface area contributed by atoms with Crippen molar-refractivity contribution in [3.05, 3.63) is 148 Å². The molecule has 1 aliphatic rings. The molecule has 0 unspecified atom stereocenters. The molecule has 2 nitrogen and oxygen atoms in total. The molecule has 0 radical (unpaired) electrons. The van der Waals surface area contributed by atoms with Crippen molar-refractivity contribution in [3.8, 4) is 0 Å². The van der Waals surface area contributed by atoms with E-state index in [1.807, 2.05) is 0 Å². The number of nitrogens with zero attached hydrogens (tertiary/aromatic N) is 2. The Hall–Kier alpha value is -3.56. The van der Waals surface area contributed by atoms with Crippen LogP contribution in [0.4, 0.5) is 0 Å². The summed E-state index contributed by atoms with van der Waals surface area (Å²) in [7, 11) is 0. The van der Waals surface area contributed by atoms with Gasteiger partial charge >= 0.3 is 0 Å². The minimum Gasteiger partial charge on any atom is -0.335 e. The van der Waals surface area contributed by atoms with Gasteiger partial charge < -0.3 is 4.90 Å². The highest BCUT2D eigenvalue weighted by molar-refractivity contribution is 8.17. The van der Waals surface area contributed by atoms with E-state index in [0.717, 1.165) is 11.7 Å². The molecule has 1 saturated heterocycles. The zero-order valence-corrected chi connectivity index (χ0v) is 19.2. The molecule has 1 atom stereocenters. The van der Waals surface area contributed by atoms with Gasteiger partial charge in [-0.3, -0.25) is 4.99 Å². The number of amidine groups is 1. The van der Waals surface area contributed by atoms with Gasteiger partial charge in [0, 0.05) is 11.4 Å². The molecule has 0 saturated carbocycles. The Morgan fingerprint density at radius 2 is 1.21 bits per heavy atom. The summed E-state index contributed by atoms with van der Waals surface area (Å²) in [5.41, 5.74) is 5.01. The molecule has 0 bridgehead atoms. The smallest absolute Gasteiger partial charge is 0.165 e. The SMILES string of the molecule is C(=C1/SC(=NCc2ccccc2)N(Cc2ccccc2)[C@@H]1c1ccccc1)/c1ccccc1. The average Bonchev–Trinajstić information content (AvgIpc) is 3.21. The van der Waals surface area contributed by atoms with Gasteiger partial charge in [-0.15, -0.1) is 0 Å². The van der Waals surface area contributed by atoms with Gasteiger partial charge in [-0.25, -0.2) is 0 Å². The van der Waals surface area contributed by atoms with Crippen LogP contribution in [0.3, 0.4) is 0 Å². The Bertz CT molecular complexity index is 1220. The Kier molecular flexibility index (Phi) is 6.69. The molecule has 0 aromatic heterocycles. The van der Waals surface area contributed by atoms with Gasteiger partial charge in [-0.05, 0) is 28.3 Å². The van der Waals surface area contributed by atoms with Crippen LogP contribution in [0.5, 0.6) is 0 Å². The predicted octanol–water partition coefficient (Wildman–Crippen LogP) is 7.57. The van der Waals surface area contributed by atoms with Crippen LogP contribution in [0.2, 0.25) is 0 Å². The van der Waals surface area contributed by atoms with Crippen molar-refractivity contribution < 1.29 is 0 Å². The summed E-state index contributed by atoms with van der Waals surface area (Å²) in [6, 6.07) is 42.6. The molecule has 162 valence electrons. The summed E-state index contributed by atoms with van der Waals surface area (Å²) in [6.45, 7) is 1.49. The lowest BCUT2D eigenvalue weighted by molar-refractivity contribution is 0.369. The molecule has 0 amide bonds. The average molecular weight is 447 g/mol. The van der Waals surface area contributed by atoms with E-state index in [1.165, 1.54) is 27.2 Å². The lowest BCUT2D eigenvalue weighted by Gasteiger charge is -2.27. The largest absolute Gasteiger partial charge is 0.335 e. The fourth-order valence-corrected chi connectivity index (χ4v) is 5.29. The number of hydrogen-bond acceptors (Lipinski definition) is 2. The highest BCUT2D eigenvalue weighted by Gasteiger charge is 2.35. The first-order chi connectivity index (χ1) is 16.4. The normalized spacial score (nSPS) is 18.2. The molecule has 4 aromatic carbocycles. The first kappa shape index (κ1) is 21.3. The van der Waals surface area contributed by atoms with E-state index in [1.54, 1.807) is 11.8 Å². The summed E-state index contributed by atoms with van der Waals surface area (Å²) in [5, 5.41) is 1.07. The molecular formula is C30H26N2S. The molecule has 4 aromatic rings. The van der Waals surface area contributed by atoms with Gasteiger partial charge in [-0.1, -0.05) is 133 Å². The molecule has 3 heteroatoms. The zero-order chi connectivity index (χ0) is 22.3. The van der Waals surface area contributed by atoms with Crippen LogP contribution in [0.25, 0.3) is 6.08 Å². The third-order valence-corrected chi connectivity index (χ3v) is 6.82. The van der Waals surface area contributed by atoms with Crippen molar-refractivity contribution in [2.75, 3.05) is 0 Å². The van der Waals surface area contributed by atoms with Crippen molar-refractivity contribution in [1.82, 2.24) is 4.90 Å². The lowest BCUT2D eigenvalue weighted by Crippen LogP contribution is -2.27. The fraction of sp³-hybridized carbons (Fsp3) is 0.100. The molecule has 5 rings (SSSR count). The van der Waals surface area contributed by atoms with Crippen molar-refractivity contribution in [2.45, 2.75) is 19.1 Å². The Morgan fingerprint density at radius 1 is 0.667 bits per heavy atom. The molecular weight excluding hydrogens is 420 g/mol. The van der Waals surface area contributed by atoms with Gasteiger partial charge in [0.1, 0.15) is 0 Å². The number of rotatable bonds is 6. The number of thioether (sulfide) groups is 1. The third-order valence-electron chi connectivity index (χ3n) is 5.70. The van der Waals surface area contributed by atoms with E-state index in [4.69, 9.17) is 4.99 Å². The van der Waals surface area contributed by atoms with Crippen LogP contribution < -0.4 is 0 Å². The molecule has 1 aliphatic heterocycles. The second-order valence-electron chi connectivity index (χ2n) is 8.07. The van der Waals surface area contributed by atoms with Gasteiger partial charge in [0.15, 0.2) is 5.17 Å². The van der Waals surface area contributed by atoms with Crippen molar-refractivity contribution in [2.24, 2.45) is 4.99 Å². The Labute approximate surface area is 200 Å². The van der Waals surface area contributed by atoms with Crippen LogP contribution in [-0.2, 0) is 13.1 Å². The standard InChI is InChI=1S/C30H26N2S/c1-5-13-24(14-6-1)21-28-29(27-19-11-4-12-20-27)32(23-26-17-9-3-10-18-26)30(33-28)31-22-25-15-7-2-8-16-25/h1-21,29H,22-23H2/b28-21-,31-30?/t29-/m1/s1. The van der Waals surface area contributed by atoms with Gasteiger partial charge in [0.05, 0.1) is 12.6 Å². The third kappa shape index (κ3) is 5.27. The monoisotopic (exact) mass is 446 g/mol. The fourth-order valence-electron chi connectivity index (χ4n) is 4.09. The molecule has 1 fully saturated rings. The second-order valence-corrected chi connectivity index (χ2v) is 9.11. The van der Waals surface area contributed by atoms with Crippen LogP contribution in [0.15, 0.2) is 131 Å². The summed E-state index contributed by atoms with van der Waals surface area (Å²) in [4.78, 5) is 8.86. The minimum atomic E-state index is 0.131.